The third kappa shape index (κ3) is 4.24. The molecule has 1 atom stereocenters. The lowest BCUT2D eigenvalue weighted by Gasteiger charge is -2.19. The summed E-state index contributed by atoms with van der Waals surface area (Å²) in [6, 6.07) is 23.3. The van der Waals surface area contributed by atoms with Crippen LogP contribution in [0.15, 0.2) is 93.1 Å². The monoisotopic (exact) mass is 532 g/mol. The first-order valence-electron chi connectivity index (χ1n) is 10.6. The topological polar surface area (TPSA) is 52.8 Å². The van der Waals surface area contributed by atoms with E-state index in [4.69, 9.17) is 14.5 Å². The van der Waals surface area contributed by atoms with Gasteiger partial charge in [0.25, 0.3) is 5.56 Å². The van der Waals surface area contributed by atoms with Crippen molar-refractivity contribution in [1.82, 2.24) is 4.57 Å². The number of thiazole rings is 1. The molecule has 1 aromatic heterocycles. The van der Waals surface area contributed by atoms with E-state index >= 15 is 0 Å². The van der Waals surface area contributed by atoms with Crippen molar-refractivity contribution in [3.8, 4) is 11.5 Å². The number of nitrogens with zero attached hydrogens (tertiary/aromatic N) is 2. The molecule has 4 aromatic rings. The molecule has 5 nitrogen and oxygen atoms in total. The zero-order chi connectivity index (χ0) is 23.7. The largest absolute Gasteiger partial charge is 0.497 e. The van der Waals surface area contributed by atoms with Gasteiger partial charge >= 0.3 is 0 Å². The fraction of sp³-hybridized carbons (Fsp3) is 0.111. The number of rotatable bonds is 5. The van der Waals surface area contributed by atoms with Gasteiger partial charge in [0.2, 0.25) is 0 Å². The highest BCUT2D eigenvalue weighted by Crippen LogP contribution is 2.28. The van der Waals surface area contributed by atoms with E-state index in [1.807, 2.05) is 78.9 Å². The molecular formula is C27H21BrN2O3S. The number of allylic oxidation sites excluding steroid dienone is 1. The molecule has 34 heavy (non-hydrogen) atoms. The third-order valence-electron chi connectivity index (χ3n) is 5.65. The summed E-state index contributed by atoms with van der Waals surface area (Å²) >= 11 is 4.87. The van der Waals surface area contributed by atoms with Crippen molar-refractivity contribution in [2.75, 3.05) is 14.2 Å². The maximum Gasteiger partial charge on any atom is 0.271 e. The van der Waals surface area contributed by atoms with Crippen LogP contribution in [0.4, 0.5) is 0 Å². The molecule has 1 aliphatic rings. The van der Waals surface area contributed by atoms with Gasteiger partial charge < -0.3 is 9.47 Å². The predicted octanol–water partition coefficient (Wildman–Crippen LogP) is 4.78. The first-order chi connectivity index (χ1) is 16.6. The number of halogens is 1. The molecule has 2 heterocycles. The molecular weight excluding hydrogens is 512 g/mol. The van der Waals surface area contributed by atoms with Gasteiger partial charge in [-0.1, -0.05) is 69.7 Å². The van der Waals surface area contributed by atoms with E-state index in [1.165, 1.54) is 11.3 Å². The molecule has 0 aliphatic carbocycles. The van der Waals surface area contributed by atoms with Gasteiger partial charge in [0.1, 0.15) is 11.5 Å². The maximum absolute atomic E-state index is 13.6. The van der Waals surface area contributed by atoms with Gasteiger partial charge in [-0.05, 0) is 53.6 Å². The molecule has 0 fully saturated rings. The first-order valence-corrected chi connectivity index (χ1v) is 12.2. The zero-order valence-electron chi connectivity index (χ0n) is 18.6. The van der Waals surface area contributed by atoms with E-state index in [-0.39, 0.29) is 11.6 Å². The molecule has 3 aromatic carbocycles. The Balaban J connectivity index is 1.73. The lowest BCUT2D eigenvalue weighted by atomic mass is 10.0. The van der Waals surface area contributed by atoms with Crippen LogP contribution in [-0.4, -0.2) is 18.8 Å². The second kappa shape index (κ2) is 9.44. The van der Waals surface area contributed by atoms with Gasteiger partial charge in [0.05, 0.1) is 30.5 Å². The number of hydrogen-bond acceptors (Lipinski definition) is 5. The lowest BCUT2D eigenvalue weighted by molar-refractivity contribution is 0.402. The van der Waals surface area contributed by atoms with Crippen LogP contribution in [-0.2, 0) is 0 Å². The van der Waals surface area contributed by atoms with Gasteiger partial charge in [-0.2, -0.15) is 0 Å². The molecule has 1 unspecified atom stereocenters. The minimum atomic E-state index is -0.270. The Kier molecular flexibility index (Phi) is 6.22. The fourth-order valence-corrected chi connectivity index (χ4v) is 5.21. The lowest BCUT2D eigenvalue weighted by Crippen LogP contribution is -2.36. The van der Waals surface area contributed by atoms with Gasteiger partial charge in [0.15, 0.2) is 4.80 Å². The average Bonchev–Trinajstić information content (AvgIpc) is 3.19. The van der Waals surface area contributed by atoms with Crippen LogP contribution in [0.5, 0.6) is 11.5 Å². The van der Waals surface area contributed by atoms with Gasteiger partial charge in [-0.3, -0.25) is 9.36 Å². The van der Waals surface area contributed by atoms with Crippen molar-refractivity contribution in [3.63, 3.8) is 0 Å². The van der Waals surface area contributed by atoms with E-state index in [2.05, 4.69) is 22.0 Å². The molecule has 0 N–H and O–H groups in total. The Hall–Kier alpha value is -3.42. The molecule has 0 amide bonds. The van der Waals surface area contributed by atoms with Crippen LogP contribution >= 0.6 is 27.3 Å². The molecule has 0 radical (unpaired) electrons. The SMILES string of the molecule is COc1ccc(OC)c(C=c2sc3n(c2=O)C(c2ccc(Br)cc2)C=C(c2ccccc2)N=3)c1. The van der Waals surface area contributed by atoms with Crippen LogP contribution in [0.3, 0.4) is 0 Å². The maximum atomic E-state index is 13.6. The Labute approximate surface area is 209 Å². The molecule has 7 heteroatoms. The second-order valence-electron chi connectivity index (χ2n) is 7.70. The normalized spacial score (nSPS) is 15.3. The van der Waals surface area contributed by atoms with Crippen LogP contribution in [0.1, 0.15) is 22.7 Å². The summed E-state index contributed by atoms with van der Waals surface area (Å²) < 4.78 is 14.2. The summed E-state index contributed by atoms with van der Waals surface area (Å²) in [5.74, 6) is 1.36. The minimum absolute atomic E-state index is 0.0927. The third-order valence-corrected chi connectivity index (χ3v) is 7.16. The highest BCUT2D eigenvalue weighted by Gasteiger charge is 2.22. The standard InChI is InChI=1S/C27H21BrN2O3S/c1-32-21-12-13-24(33-2)19(14-21)15-25-26(31)30-23(18-8-10-20(28)11-9-18)16-22(29-27(30)34-25)17-6-4-3-5-7-17/h3-16,23H,1-2H3. The summed E-state index contributed by atoms with van der Waals surface area (Å²) in [5, 5.41) is 0. The first kappa shape index (κ1) is 22.4. The van der Waals surface area contributed by atoms with E-state index in [0.717, 1.165) is 26.9 Å². The van der Waals surface area contributed by atoms with E-state index in [9.17, 15) is 4.79 Å². The minimum Gasteiger partial charge on any atom is -0.497 e. The Bertz CT molecular complexity index is 1550. The predicted molar refractivity (Wildman–Crippen MR) is 139 cm³/mol. The van der Waals surface area contributed by atoms with Crippen LogP contribution < -0.4 is 24.4 Å². The number of ether oxygens (including phenoxy) is 2. The number of aromatic nitrogens is 1. The highest BCUT2D eigenvalue weighted by atomic mass is 79.9. The highest BCUT2D eigenvalue weighted by molar-refractivity contribution is 9.10. The molecule has 0 saturated heterocycles. The number of benzene rings is 3. The molecule has 1 aliphatic heterocycles. The van der Waals surface area contributed by atoms with Crippen molar-refractivity contribution < 1.29 is 9.47 Å². The van der Waals surface area contributed by atoms with Crippen LogP contribution in [0, 0.1) is 0 Å². The van der Waals surface area contributed by atoms with Gasteiger partial charge in [-0.25, -0.2) is 4.99 Å². The quantitative estimate of drug-likeness (QED) is 0.371. The number of hydrogen-bond donors (Lipinski definition) is 0. The molecule has 170 valence electrons. The fourth-order valence-electron chi connectivity index (χ4n) is 3.94. The summed E-state index contributed by atoms with van der Waals surface area (Å²) in [6.07, 6.45) is 3.89. The average molecular weight is 533 g/mol. The summed E-state index contributed by atoms with van der Waals surface area (Å²) in [7, 11) is 3.23. The Morgan fingerprint density at radius 2 is 1.76 bits per heavy atom. The summed E-state index contributed by atoms with van der Waals surface area (Å²) in [5.41, 5.74) is 3.55. The van der Waals surface area contributed by atoms with Crippen molar-refractivity contribution in [2.45, 2.75) is 6.04 Å². The number of fused-ring (bicyclic) bond motifs is 1. The smallest absolute Gasteiger partial charge is 0.271 e. The van der Waals surface area contributed by atoms with E-state index < -0.39 is 0 Å². The van der Waals surface area contributed by atoms with Gasteiger partial charge in [-0.15, -0.1) is 0 Å². The van der Waals surface area contributed by atoms with Crippen LogP contribution in [0.2, 0.25) is 0 Å². The zero-order valence-corrected chi connectivity index (χ0v) is 21.0. The Morgan fingerprint density at radius 3 is 2.47 bits per heavy atom. The van der Waals surface area contributed by atoms with E-state index in [1.54, 1.807) is 18.8 Å². The van der Waals surface area contributed by atoms with Crippen molar-refractivity contribution >= 4 is 39.0 Å². The summed E-state index contributed by atoms with van der Waals surface area (Å²) in [4.78, 5) is 19.2. The van der Waals surface area contributed by atoms with E-state index in [0.29, 0.717) is 20.8 Å². The molecule has 0 saturated carbocycles. The van der Waals surface area contributed by atoms with Crippen molar-refractivity contribution in [3.05, 3.63) is 120 Å². The van der Waals surface area contributed by atoms with Crippen molar-refractivity contribution in [1.29, 1.82) is 0 Å². The molecule has 0 bridgehead atoms. The summed E-state index contributed by atoms with van der Waals surface area (Å²) in [6.45, 7) is 0. The second-order valence-corrected chi connectivity index (χ2v) is 9.63. The van der Waals surface area contributed by atoms with Crippen molar-refractivity contribution in [2.24, 2.45) is 4.99 Å². The van der Waals surface area contributed by atoms with Gasteiger partial charge in [0, 0.05) is 10.0 Å². The number of methoxy groups -OCH3 is 2. The Morgan fingerprint density at radius 1 is 1.00 bits per heavy atom. The molecule has 5 rings (SSSR count). The van der Waals surface area contributed by atoms with Crippen LogP contribution in [0.25, 0.3) is 11.8 Å². The molecule has 0 spiro atoms.